The van der Waals surface area contributed by atoms with Gasteiger partial charge in [-0.25, -0.2) is 9.13 Å². The van der Waals surface area contributed by atoms with E-state index < -0.39 is 14.5 Å². The Labute approximate surface area is 82.3 Å². The summed E-state index contributed by atoms with van der Waals surface area (Å²) in [6.07, 6.45) is 6.14. The van der Waals surface area contributed by atoms with Crippen molar-refractivity contribution in [2.24, 2.45) is 7.05 Å². The van der Waals surface area contributed by atoms with Crippen LogP contribution in [0.15, 0.2) is 18.7 Å². The van der Waals surface area contributed by atoms with Crippen LogP contribution >= 0.6 is 0 Å². The van der Waals surface area contributed by atoms with Crippen molar-refractivity contribution in [3.63, 3.8) is 0 Å². The Kier molecular flexibility index (Phi) is 6.62. The Balaban J connectivity index is 0.000000252. The molecular formula is C7H14N2O3Se. The van der Waals surface area contributed by atoms with E-state index in [4.69, 9.17) is 0 Å². The van der Waals surface area contributed by atoms with E-state index in [1.807, 2.05) is 17.8 Å². The molecule has 1 unspecified atom stereocenters. The van der Waals surface area contributed by atoms with Crippen molar-refractivity contribution in [3.8, 4) is 0 Å². The normalized spacial score (nSPS) is 11.7. The molecule has 1 atom stereocenters. The maximum absolute atomic E-state index is 9.24. The quantitative estimate of drug-likeness (QED) is 0.488. The average molecular weight is 253 g/mol. The Bertz CT molecular complexity index is 262. The van der Waals surface area contributed by atoms with Crippen LogP contribution in [0.4, 0.5) is 0 Å². The van der Waals surface area contributed by atoms with Crippen molar-refractivity contribution in [3.05, 3.63) is 18.7 Å². The molecule has 0 saturated carbocycles. The van der Waals surface area contributed by atoms with Gasteiger partial charge in [0.2, 0.25) is 6.33 Å². The van der Waals surface area contributed by atoms with Gasteiger partial charge in [0.25, 0.3) is 0 Å². The van der Waals surface area contributed by atoms with Crippen LogP contribution in [-0.4, -0.2) is 26.2 Å². The second-order valence-corrected chi connectivity index (χ2v) is 3.84. The van der Waals surface area contributed by atoms with Crippen LogP contribution in [0.3, 0.4) is 0 Å². The molecule has 5 nitrogen and oxygen atoms in total. The van der Waals surface area contributed by atoms with Crippen molar-refractivity contribution in [2.45, 2.75) is 13.5 Å². The molecule has 0 aliphatic rings. The molecule has 0 bridgehead atoms. The SMILES string of the molecule is CCn1cc[n+](C)c1.CO[Se](=O)[O-]. The van der Waals surface area contributed by atoms with Gasteiger partial charge in [-0.3, -0.25) is 0 Å². The van der Waals surface area contributed by atoms with E-state index in [9.17, 15) is 8.02 Å². The number of hydrogen-bond acceptors (Lipinski definition) is 3. The summed E-state index contributed by atoms with van der Waals surface area (Å²) in [5.41, 5.74) is 0. The molecule has 1 aromatic rings. The predicted octanol–water partition coefficient (Wildman–Crippen LogP) is -1.26. The first kappa shape index (κ1) is 12.4. The molecule has 0 radical (unpaired) electrons. The van der Waals surface area contributed by atoms with Crippen LogP contribution in [0.2, 0.25) is 0 Å². The number of imidazole rings is 1. The van der Waals surface area contributed by atoms with Crippen LogP contribution in [0.1, 0.15) is 6.92 Å². The zero-order chi connectivity index (χ0) is 10.3. The molecule has 1 heterocycles. The summed E-state index contributed by atoms with van der Waals surface area (Å²) in [5.74, 6) is 0. The van der Waals surface area contributed by atoms with Crippen LogP contribution < -0.4 is 8.76 Å². The Hall–Kier alpha value is -0.551. The fourth-order valence-electron chi connectivity index (χ4n) is 0.689. The Morgan fingerprint density at radius 3 is 2.38 bits per heavy atom. The standard InChI is InChI=1S/C6H11N2.CH4O3Se/c1-3-8-5-4-7(2)6-8;1-4-5(2)3/h4-6H,3H2,1-2H3;1H3,(H,2,3)/q+1;/p-1. The summed E-state index contributed by atoms with van der Waals surface area (Å²) in [6, 6.07) is 0. The van der Waals surface area contributed by atoms with Crippen LogP contribution in [-0.2, 0) is 21.2 Å². The van der Waals surface area contributed by atoms with E-state index in [-0.39, 0.29) is 0 Å². The summed E-state index contributed by atoms with van der Waals surface area (Å²) in [4.78, 5) is 0. The molecule has 13 heavy (non-hydrogen) atoms. The molecule has 0 aliphatic heterocycles. The predicted molar refractivity (Wildman–Crippen MR) is 44.7 cm³/mol. The van der Waals surface area contributed by atoms with Crippen molar-refractivity contribution in [1.29, 1.82) is 0 Å². The summed E-state index contributed by atoms with van der Waals surface area (Å²) >= 11 is -3.05. The van der Waals surface area contributed by atoms with Crippen LogP contribution in [0.5, 0.6) is 0 Å². The number of rotatable bonds is 2. The van der Waals surface area contributed by atoms with Gasteiger partial charge in [-0.2, -0.15) is 0 Å². The molecule has 0 N–H and O–H groups in total. The molecule has 0 aromatic carbocycles. The van der Waals surface area contributed by atoms with Gasteiger partial charge in [-0.1, -0.05) is 0 Å². The fourth-order valence-corrected chi connectivity index (χ4v) is 0.689. The zero-order valence-corrected chi connectivity index (χ0v) is 9.68. The Morgan fingerprint density at radius 1 is 1.69 bits per heavy atom. The molecule has 0 saturated heterocycles. The minimum atomic E-state index is -3.05. The molecular weight excluding hydrogens is 239 g/mol. The molecule has 0 aliphatic carbocycles. The third kappa shape index (κ3) is 6.60. The van der Waals surface area contributed by atoms with Crippen molar-refractivity contribution in [1.82, 2.24) is 4.57 Å². The zero-order valence-electron chi connectivity index (χ0n) is 7.97. The summed E-state index contributed by atoms with van der Waals surface area (Å²) in [7, 11) is 3.15. The fraction of sp³-hybridized carbons (Fsp3) is 0.571. The van der Waals surface area contributed by atoms with Crippen LogP contribution in [0.25, 0.3) is 0 Å². The maximum atomic E-state index is 9.24. The first-order chi connectivity index (χ1) is 6.10. The summed E-state index contributed by atoms with van der Waals surface area (Å²) in [6.45, 7) is 3.18. The number of aryl methyl sites for hydroxylation is 2. The van der Waals surface area contributed by atoms with Crippen molar-refractivity contribution < 1.29 is 16.4 Å². The molecule has 6 heteroatoms. The monoisotopic (exact) mass is 254 g/mol. The van der Waals surface area contributed by atoms with Crippen molar-refractivity contribution >= 4 is 14.5 Å². The van der Waals surface area contributed by atoms with E-state index in [0.717, 1.165) is 13.7 Å². The topological polar surface area (TPSA) is 58.2 Å². The second kappa shape index (κ2) is 6.91. The third-order valence-electron chi connectivity index (χ3n) is 1.32. The van der Waals surface area contributed by atoms with E-state index in [1.165, 1.54) is 0 Å². The first-order valence-electron chi connectivity index (χ1n) is 3.74. The average Bonchev–Trinajstić information content (AvgIpc) is 2.52. The van der Waals surface area contributed by atoms with Gasteiger partial charge >= 0.3 is 33.4 Å². The third-order valence-corrected chi connectivity index (χ3v) is 1.90. The van der Waals surface area contributed by atoms with Gasteiger partial charge in [0.1, 0.15) is 12.4 Å². The molecule has 0 amide bonds. The summed E-state index contributed by atoms with van der Waals surface area (Å²) in [5, 5.41) is 0. The number of nitrogens with zero attached hydrogens (tertiary/aromatic N) is 2. The molecule has 1 rings (SSSR count). The van der Waals surface area contributed by atoms with Gasteiger partial charge < -0.3 is 0 Å². The van der Waals surface area contributed by atoms with Crippen LogP contribution in [0, 0.1) is 0 Å². The summed E-state index contributed by atoms with van der Waals surface area (Å²) < 4.78 is 26.4. The van der Waals surface area contributed by atoms with E-state index >= 15 is 0 Å². The van der Waals surface area contributed by atoms with Gasteiger partial charge in [-0.15, -0.1) is 0 Å². The number of hydrogen-bond donors (Lipinski definition) is 0. The molecule has 1 aromatic heterocycles. The first-order valence-corrected chi connectivity index (χ1v) is 5.84. The van der Waals surface area contributed by atoms with Gasteiger partial charge in [-0.05, 0) is 6.92 Å². The van der Waals surface area contributed by atoms with Gasteiger partial charge in [0, 0.05) is 0 Å². The second-order valence-electron chi connectivity index (χ2n) is 2.28. The Morgan fingerprint density at radius 2 is 2.23 bits per heavy atom. The van der Waals surface area contributed by atoms with E-state index in [2.05, 4.69) is 27.8 Å². The van der Waals surface area contributed by atoms with Gasteiger partial charge in [0.05, 0.1) is 13.6 Å². The molecule has 0 fully saturated rings. The molecule has 76 valence electrons. The van der Waals surface area contributed by atoms with E-state index in [0.29, 0.717) is 0 Å². The molecule has 0 spiro atoms. The van der Waals surface area contributed by atoms with E-state index in [1.54, 1.807) is 0 Å². The number of aromatic nitrogens is 2. The van der Waals surface area contributed by atoms with Gasteiger partial charge in [0.15, 0.2) is 0 Å². The van der Waals surface area contributed by atoms with Crippen molar-refractivity contribution in [2.75, 3.05) is 7.11 Å². The minimum absolute atomic E-state index is 1.06.